The van der Waals surface area contributed by atoms with Crippen LogP contribution in [-0.2, 0) is 28.4 Å². The van der Waals surface area contributed by atoms with E-state index in [1.54, 1.807) is 35.1 Å². The Morgan fingerprint density at radius 1 is 1.40 bits per heavy atom. The molecular formula is C17H20N4O3S. The van der Waals surface area contributed by atoms with Gasteiger partial charge in [0.05, 0.1) is 23.7 Å². The second-order valence-electron chi connectivity index (χ2n) is 5.87. The first-order chi connectivity index (χ1) is 11.9. The van der Waals surface area contributed by atoms with Crippen molar-refractivity contribution in [2.24, 2.45) is 7.05 Å². The number of rotatable bonds is 5. The third-order valence-corrected chi connectivity index (χ3v) is 5.93. The first kappa shape index (κ1) is 17.2. The Morgan fingerprint density at radius 2 is 2.20 bits per heavy atom. The average Bonchev–Trinajstić information content (AvgIpc) is 3.16. The van der Waals surface area contributed by atoms with E-state index in [0.29, 0.717) is 24.3 Å². The lowest BCUT2D eigenvalue weighted by molar-refractivity contribution is -0.114. The third-order valence-electron chi connectivity index (χ3n) is 4.06. The predicted octanol–water partition coefficient (Wildman–Crippen LogP) is 1.68. The number of aromatic nitrogens is 2. The van der Waals surface area contributed by atoms with Gasteiger partial charge in [0.15, 0.2) is 0 Å². The van der Waals surface area contributed by atoms with Crippen LogP contribution in [0.15, 0.2) is 49.2 Å². The van der Waals surface area contributed by atoms with Crippen molar-refractivity contribution in [3.63, 3.8) is 0 Å². The van der Waals surface area contributed by atoms with Crippen molar-refractivity contribution in [1.82, 2.24) is 9.78 Å². The number of sulfonamides is 1. The number of anilines is 2. The quantitative estimate of drug-likeness (QED) is 0.760. The van der Waals surface area contributed by atoms with Gasteiger partial charge in [0.25, 0.3) is 5.91 Å². The Bertz CT molecular complexity index is 904. The van der Waals surface area contributed by atoms with E-state index in [-0.39, 0.29) is 18.2 Å². The molecule has 0 bridgehead atoms. The highest BCUT2D eigenvalue weighted by Gasteiger charge is 2.29. The summed E-state index contributed by atoms with van der Waals surface area (Å²) in [5.74, 6) is -0.118. The zero-order chi connectivity index (χ0) is 18.0. The van der Waals surface area contributed by atoms with Crippen molar-refractivity contribution in [2.75, 3.05) is 21.5 Å². The number of nitrogens with zero attached hydrogens (tertiary/aromatic N) is 4. The minimum atomic E-state index is -3.27. The van der Waals surface area contributed by atoms with Crippen LogP contribution in [0.3, 0.4) is 0 Å². The van der Waals surface area contributed by atoms with Gasteiger partial charge in [-0.15, -0.1) is 0 Å². The van der Waals surface area contributed by atoms with Crippen LogP contribution in [0.1, 0.15) is 12.1 Å². The molecule has 1 saturated heterocycles. The molecule has 2 aromatic rings. The second kappa shape index (κ2) is 6.72. The molecule has 0 saturated carbocycles. The molecule has 1 aliphatic heterocycles. The number of benzene rings is 1. The van der Waals surface area contributed by atoms with Crippen molar-refractivity contribution in [1.29, 1.82) is 0 Å². The van der Waals surface area contributed by atoms with E-state index < -0.39 is 10.0 Å². The lowest BCUT2D eigenvalue weighted by Crippen LogP contribution is -2.30. The van der Waals surface area contributed by atoms with Crippen LogP contribution < -0.4 is 9.21 Å². The molecule has 1 amide bonds. The molecule has 2 heterocycles. The smallest absolute Gasteiger partial charge is 0.250 e. The number of hydrogen-bond donors (Lipinski definition) is 0. The van der Waals surface area contributed by atoms with Crippen LogP contribution in [0.4, 0.5) is 11.4 Å². The predicted molar refractivity (Wildman–Crippen MR) is 96.8 cm³/mol. The minimum Gasteiger partial charge on any atom is -0.303 e. The monoisotopic (exact) mass is 360 g/mol. The van der Waals surface area contributed by atoms with Gasteiger partial charge in [0.1, 0.15) is 0 Å². The zero-order valence-corrected chi connectivity index (χ0v) is 14.8. The minimum absolute atomic E-state index is 0.153. The topological polar surface area (TPSA) is 75.5 Å². The number of aryl methyl sites for hydroxylation is 1. The summed E-state index contributed by atoms with van der Waals surface area (Å²) in [6, 6.07) is 8.81. The standard InChI is InChI=1S/C17H20N4O3S/c1-3-17(22)20(13-14-8-10-19(2)18-14)15-6-4-7-16(12-15)21-9-5-11-25(21,23)24/h3-4,6-8,10,12H,1,5,9,11,13H2,2H3. The number of amides is 1. The van der Waals surface area contributed by atoms with Crippen LogP contribution in [0.5, 0.6) is 0 Å². The lowest BCUT2D eigenvalue weighted by atomic mass is 10.2. The van der Waals surface area contributed by atoms with Crippen LogP contribution in [0.2, 0.25) is 0 Å². The fourth-order valence-electron chi connectivity index (χ4n) is 2.86. The van der Waals surface area contributed by atoms with Crippen LogP contribution in [0, 0.1) is 0 Å². The normalized spacial score (nSPS) is 16.0. The summed E-state index contributed by atoms with van der Waals surface area (Å²) in [6.45, 7) is 4.29. The summed E-state index contributed by atoms with van der Waals surface area (Å²) in [4.78, 5) is 13.9. The first-order valence-electron chi connectivity index (χ1n) is 7.93. The van der Waals surface area contributed by atoms with Gasteiger partial charge in [-0.25, -0.2) is 8.42 Å². The molecule has 8 heteroatoms. The molecule has 1 aliphatic rings. The highest BCUT2D eigenvalue weighted by atomic mass is 32.2. The molecule has 0 radical (unpaired) electrons. The van der Waals surface area contributed by atoms with Crippen LogP contribution in [0.25, 0.3) is 0 Å². The number of hydrogen-bond acceptors (Lipinski definition) is 4. The zero-order valence-electron chi connectivity index (χ0n) is 14.0. The van der Waals surface area contributed by atoms with Crippen LogP contribution in [-0.4, -0.2) is 36.4 Å². The van der Waals surface area contributed by atoms with Crippen molar-refractivity contribution in [3.05, 3.63) is 54.9 Å². The Kier molecular flexibility index (Phi) is 4.63. The van der Waals surface area contributed by atoms with Gasteiger partial charge in [0, 0.05) is 25.5 Å². The van der Waals surface area contributed by atoms with Gasteiger partial charge < -0.3 is 4.90 Å². The third kappa shape index (κ3) is 3.58. The van der Waals surface area contributed by atoms with Crippen molar-refractivity contribution in [2.45, 2.75) is 13.0 Å². The fourth-order valence-corrected chi connectivity index (χ4v) is 4.42. The summed E-state index contributed by atoms with van der Waals surface area (Å²) in [5.41, 5.74) is 1.91. The molecule has 0 N–H and O–H groups in total. The maximum absolute atomic E-state index is 12.3. The number of carbonyl (C=O) groups is 1. The summed E-state index contributed by atoms with van der Waals surface area (Å²) < 4.78 is 27.3. The molecule has 3 rings (SSSR count). The van der Waals surface area contributed by atoms with E-state index in [1.165, 1.54) is 15.3 Å². The Morgan fingerprint density at radius 3 is 2.80 bits per heavy atom. The van der Waals surface area contributed by atoms with Crippen molar-refractivity contribution < 1.29 is 13.2 Å². The van der Waals surface area contributed by atoms with Gasteiger partial charge >= 0.3 is 0 Å². The maximum Gasteiger partial charge on any atom is 0.250 e. The maximum atomic E-state index is 12.3. The molecule has 0 unspecified atom stereocenters. The molecule has 1 fully saturated rings. The van der Waals surface area contributed by atoms with Crippen LogP contribution >= 0.6 is 0 Å². The summed E-state index contributed by atoms with van der Waals surface area (Å²) in [5, 5.41) is 4.30. The lowest BCUT2D eigenvalue weighted by Gasteiger charge is -2.23. The number of carbonyl (C=O) groups excluding carboxylic acids is 1. The Labute approximate surface area is 147 Å². The second-order valence-corrected chi connectivity index (χ2v) is 7.88. The molecule has 0 spiro atoms. The fraction of sp³-hybridized carbons (Fsp3) is 0.294. The molecule has 1 aromatic heterocycles. The SMILES string of the molecule is C=CC(=O)N(Cc1ccn(C)n1)c1cccc(N2CCCS2(=O)=O)c1. The van der Waals surface area contributed by atoms with Gasteiger partial charge in [-0.2, -0.15) is 5.10 Å². The van der Waals surface area contributed by atoms with Gasteiger partial charge in [-0.1, -0.05) is 12.6 Å². The Balaban J connectivity index is 1.94. The van der Waals surface area contributed by atoms with Crippen molar-refractivity contribution in [3.8, 4) is 0 Å². The first-order valence-corrected chi connectivity index (χ1v) is 9.54. The Hall–Kier alpha value is -2.61. The van der Waals surface area contributed by atoms with Gasteiger partial charge in [-0.05, 0) is 36.8 Å². The molecule has 0 aliphatic carbocycles. The highest BCUT2D eigenvalue weighted by molar-refractivity contribution is 7.93. The van der Waals surface area contributed by atoms with Gasteiger partial charge in [0.2, 0.25) is 10.0 Å². The van der Waals surface area contributed by atoms with E-state index in [0.717, 1.165) is 5.69 Å². The highest BCUT2D eigenvalue weighted by Crippen LogP contribution is 2.28. The summed E-state index contributed by atoms with van der Waals surface area (Å²) in [7, 11) is -1.46. The van der Waals surface area contributed by atoms with E-state index in [4.69, 9.17) is 0 Å². The molecule has 1 aromatic carbocycles. The molecule has 25 heavy (non-hydrogen) atoms. The largest absolute Gasteiger partial charge is 0.303 e. The molecular weight excluding hydrogens is 340 g/mol. The summed E-state index contributed by atoms with van der Waals surface area (Å²) >= 11 is 0. The van der Waals surface area contributed by atoms with E-state index in [2.05, 4.69) is 11.7 Å². The molecule has 0 atom stereocenters. The van der Waals surface area contributed by atoms with E-state index in [9.17, 15) is 13.2 Å². The molecule has 132 valence electrons. The molecule has 7 nitrogen and oxygen atoms in total. The average molecular weight is 360 g/mol. The summed E-state index contributed by atoms with van der Waals surface area (Å²) in [6.07, 6.45) is 3.65. The van der Waals surface area contributed by atoms with E-state index in [1.807, 2.05) is 13.1 Å². The van der Waals surface area contributed by atoms with Gasteiger partial charge in [-0.3, -0.25) is 13.8 Å². The van der Waals surface area contributed by atoms with Crippen molar-refractivity contribution >= 4 is 27.3 Å². The van der Waals surface area contributed by atoms with E-state index >= 15 is 0 Å².